The summed E-state index contributed by atoms with van der Waals surface area (Å²) in [6.07, 6.45) is -5.57. The van der Waals surface area contributed by atoms with Gasteiger partial charge in [0.2, 0.25) is 0 Å². The third-order valence-electron chi connectivity index (χ3n) is 4.25. The van der Waals surface area contributed by atoms with Crippen LogP contribution in [0.15, 0.2) is 24.3 Å². The lowest BCUT2D eigenvalue weighted by Gasteiger charge is -2.15. The molecule has 33 heavy (non-hydrogen) atoms. The van der Waals surface area contributed by atoms with E-state index >= 15 is 0 Å². The van der Waals surface area contributed by atoms with Crippen molar-refractivity contribution in [3.05, 3.63) is 35.4 Å². The molecular formula is C21H30O12. The minimum Gasteiger partial charge on any atom is -0.467 e. The Hall–Kier alpha value is -2.61. The summed E-state index contributed by atoms with van der Waals surface area (Å²) in [4.78, 5) is 44.6. The highest BCUT2D eigenvalue weighted by molar-refractivity contribution is 5.89. The largest absolute Gasteiger partial charge is 0.467 e. The molecule has 0 saturated carbocycles. The second-order valence-electron chi connectivity index (χ2n) is 6.98. The van der Waals surface area contributed by atoms with Gasteiger partial charge < -0.3 is 34.6 Å². The molecule has 0 aliphatic heterocycles. The lowest BCUT2D eigenvalue weighted by atomic mass is 10.1. The summed E-state index contributed by atoms with van der Waals surface area (Å²) in [5.41, 5.74) is 0.915. The summed E-state index contributed by atoms with van der Waals surface area (Å²) >= 11 is 0. The number of hydrogen-bond donors (Lipinski definition) is 4. The maximum Gasteiger partial charge on any atom is 0.338 e. The lowest BCUT2D eigenvalue weighted by Crippen LogP contribution is -2.34. The van der Waals surface area contributed by atoms with Crippen LogP contribution in [0.25, 0.3) is 0 Å². The van der Waals surface area contributed by atoms with Gasteiger partial charge in [0, 0.05) is 6.42 Å². The fraction of sp³-hybridized carbons (Fsp3) is 0.571. The summed E-state index contributed by atoms with van der Waals surface area (Å²) in [5.74, 6) is -2.92. The van der Waals surface area contributed by atoms with Crippen LogP contribution in [0, 0.1) is 0 Å². The van der Waals surface area contributed by atoms with Gasteiger partial charge >= 0.3 is 17.9 Å². The molecule has 12 heteroatoms. The minimum atomic E-state index is -1.81. The Morgan fingerprint density at radius 2 is 1.42 bits per heavy atom. The molecule has 1 aromatic carbocycles. The molecule has 0 radical (unpaired) electrons. The first-order chi connectivity index (χ1) is 15.7. The standard InChI is InChI=1S/C21H30O12/c1-3-15(22)12-33-32-9-13-4-6-14(7-5-13)19(26)30-10-16(23)11-31-21(28)18(25)8-17(24)20(27)29-2/h4-7,15-18,22-25H,3,8-12H2,1-2H3. The number of hydrogen-bond acceptors (Lipinski definition) is 12. The fourth-order valence-corrected chi connectivity index (χ4v) is 2.21. The van der Waals surface area contributed by atoms with Crippen molar-refractivity contribution in [1.82, 2.24) is 0 Å². The smallest absolute Gasteiger partial charge is 0.338 e. The molecule has 0 aromatic heterocycles. The maximum atomic E-state index is 12.1. The molecule has 0 aliphatic carbocycles. The zero-order valence-electron chi connectivity index (χ0n) is 18.4. The van der Waals surface area contributed by atoms with Crippen LogP contribution < -0.4 is 0 Å². The summed E-state index contributed by atoms with van der Waals surface area (Å²) < 4.78 is 13.9. The number of ether oxygens (including phenoxy) is 3. The number of aliphatic hydroxyl groups is 4. The van der Waals surface area contributed by atoms with Crippen molar-refractivity contribution in [3.63, 3.8) is 0 Å². The summed E-state index contributed by atoms with van der Waals surface area (Å²) in [6.45, 7) is 0.904. The predicted octanol–water partition coefficient (Wildman–Crippen LogP) is -0.748. The molecule has 186 valence electrons. The van der Waals surface area contributed by atoms with Gasteiger partial charge in [-0.1, -0.05) is 19.1 Å². The predicted molar refractivity (Wildman–Crippen MR) is 109 cm³/mol. The second kappa shape index (κ2) is 15.3. The average Bonchev–Trinajstić information content (AvgIpc) is 2.82. The molecule has 0 saturated heterocycles. The summed E-state index contributed by atoms with van der Waals surface area (Å²) in [6, 6.07) is 6.19. The van der Waals surface area contributed by atoms with E-state index in [1.54, 1.807) is 12.1 Å². The molecule has 12 nitrogen and oxygen atoms in total. The number of carbonyl (C=O) groups excluding carboxylic acids is 3. The van der Waals surface area contributed by atoms with E-state index in [1.807, 2.05) is 6.92 Å². The van der Waals surface area contributed by atoms with Crippen molar-refractivity contribution >= 4 is 17.9 Å². The van der Waals surface area contributed by atoms with Gasteiger partial charge in [-0.2, -0.15) is 0 Å². The molecule has 1 aromatic rings. The maximum absolute atomic E-state index is 12.1. The molecule has 0 aliphatic rings. The van der Waals surface area contributed by atoms with E-state index in [1.165, 1.54) is 12.1 Å². The Bertz CT molecular complexity index is 735. The van der Waals surface area contributed by atoms with Crippen LogP contribution in [-0.2, 0) is 40.2 Å². The number of carbonyl (C=O) groups is 3. The van der Waals surface area contributed by atoms with Gasteiger partial charge in [-0.25, -0.2) is 24.2 Å². The molecule has 4 unspecified atom stereocenters. The van der Waals surface area contributed by atoms with Gasteiger partial charge in [0.1, 0.15) is 32.5 Å². The number of methoxy groups -OCH3 is 1. The van der Waals surface area contributed by atoms with Gasteiger partial charge in [0.25, 0.3) is 0 Å². The minimum absolute atomic E-state index is 0.0486. The zero-order chi connectivity index (χ0) is 24.8. The van der Waals surface area contributed by atoms with E-state index in [2.05, 4.69) is 9.47 Å². The Morgan fingerprint density at radius 3 is 2.03 bits per heavy atom. The van der Waals surface area contributed by atoms with Crippen LogP contribution in [0.2, 0.25) is 0 Å². The van der Waals surface area contributed by atoms with Gasteiger partial charge in [0.15, 0.2) is 12.2 Å². The third-order valence-corrected chi connectivity index (χ3v) is 4.25. The van der Waals surface area contributed by atoms with Crippen LogP contribution in [0.5, 0.6) is 0 Å². The van der Waals surface area contributed by atoms with Crippen molar-refractivity contribution in [2.75, 3.05) is 26.9 Å². The Labute approximate surface area is 190 Å². The second-order valence-corrected chi connectivity index (χ2v) is 6.98. The highest BCUT2D eigenvalue weighted by Gasteiger charge is 2.26. The van der Waals surface area contributed by atoms with Crippen molar-refractivity contribution in [2.24, 2.45) is 0 Å². The SMILES string of the molecule is CCC(O)COOCc1ccc(C(=O)OCC(O)COC(=O)C(O)CC(O)C(=O)OC)cc1. The highest BCUT2D eigenvalue weighted by atomic mass is 17.2. The highest BCUT2D eigenvalue weighted by Crippen LogP contribution is 2.09. The average molecular weight is 474 g/mol. The molecule has 1 rings (SSSR count). The van der Waals surface area contributed by atoms with Crippen LogP contribution >= 0.6 is 0 Å². The first-order valence-electron chi connectivity index (χ1n) is 10.1. The molecule has 0 spiro atoms. The molecule has 0 bridgehead atoms. The molecule has 0 heterocycles. The van der Waals surface area contributed by atoms with E-state index in [-0.39, 0.29) is 18.8 Å². The number of benzene rings is 1. The lowest BCUT2D eigenvalue weighted by molar-refractivity contribution is -0.314. The third kappa shape index (κ3) is 11.2. The number of esters is 3. The Balaban J connectivity index is 2.32. The Morgan fingerprint density at radius 1 is 0.818 bits per heavy atom. The monoisotopic (exact) mass is 474 g/mol. The van der Waals surface area contributed by atoms with Crippen LogP contribution in [0.3, 0.4) is 0 Å². The molecule has 0 amide bonds. The zero-order valence-corrected chi connectivity index (χ0v) is 18.4. The van der Waals surface area contributed by atoms with E-state index in [0.29, 0.717) is 12.0 Å². The Kier molecular flexibility index (Phi) is 13.1. The molecule has 0 fully saturated rings. The van der Waals surface area contributed by atoms with Crippen LogP contribution in [0.1, 0.15) is 35.7 Å². The quantitative estimate of drug-likeness (QED) is 0.0823. The number of aliphatic hydroxyl groups excluding tert-OH is 4. The number of rotatable bonds is 15. The van der Waals surface area contributed by atoms with Gasteiger partial charge in [-0.3, -0.25) is 0 Å². The molecule has 4 N–H and O–H groups in total. The van der Waals surface area contributed by atoms with E-state index in [0.717, 1.165) is 7.11 Å². The van der Waals surface area contributed by atoms with Crippen LogP contribution in [-0.4, -0.2) is 89.7 Å². The van der Waals surface area contributed by atoms with E-state index in [4.69, 9.17) is 14.5 Å². The first kappa shape index (κ1) is 28.4. The molecular weight excluding hydrogens is 444 g/mol. The van der Waals surface area contributed by atoms with E-state index < -0.39 is 62.0 Å². The van der Waals surface area contributed by atoms with Gasteiger partial charge in [-0.15, -0.1) is 0 Å². The normalized spacial score (nSPS) is 14.6. The topological polar surface area (TPSA) is 178 Å². The first-order valence-corrected chi connectivity index (χ1v) is 10.1. The van der Waals surface area contributed by atoms with Crippen molar-refractivity contribution in [2.45, 2.75) is 50.8 Å². The molecule has 4 atom stereocenters. The van der Waals surface area contributed by atoms with Gasteiger partial charge in [0.05, 0.1) is 18.8 Å². The fourth-order valence-electron chi connectivity index (χ4n) is 2.21. The van der Waals surface area contributed by atoms with Crippen molar-refractivity contribution in [3.8, 4) is 0 Å². The van der Waals surface area contributed by atoms with Crippen LogP contribution in [0.4, 0.5) is 0 Å². The summed E-state index contributed by atoms with van der Waals surface area (Å²) in [7, 11) is 1.04. The van der Waals surface area contributed by atoms with Crippen molar-refractivity contribution in [1.29, 1.82) is 0 Å². The summed E-state index contributed by atoms with van der Waals surface area (Å²) in [5, 5.41) is 38.1. The van der Waals surface area contributed by atoms with E-state index in [9.17, 15) is 34.8 Å². The van der Waals surface area contributed by atoms with Crippen molar-refractivity contribution < 1.29 is 58.8 Å². The van der Waals surface area contributed by atoms with Gasteiger partial charge in [-0.05, 0) is 24.1 Å².